The van der Waals surface area contributed by atoms with Crippen LogP contribution in [0, 0.1) is 11.3 Å². The summed E-state index contributed by atoms with van der Waals surface area (Å²) in [5.41, 5.74) is 0.142. The SMILES string of the molecule is CCOC(=O)c1nnc(Sc2nccnc2C#N)o1. The summed E-state index contributed by atoms with van der Waals surface area (Å²) in [6, 6.07) is 1.89. The Hall–Kier alpha value is -2.47. The summed E-state index contributed by atoms with van der Waals surface area (Å²) in [6.07, 6.45) is 2.84. The second-order valence-corrected chi connectivity index (χ2v) is 3.96. The number of carbonyl (C=O) groups excluding carboxylic acids is 1. The Morgan fingerprint density at radius 3 is 3.00 bits per heavy atom. The van der Waals surface area contributed by atoms with Crippen molar-refractivity contribution in [3.05, 3.63) is 24.0 Å². The molecule has 0 unspecified atom stereocenters. The first kappa shape index (κ1) is 13.0. The van der Waals surface area contributed by atoms with E-state index in [2.05, 4.69) is 20.2 Å². The molecule has 0 saturated carbocycles. The fourth-order valence-corrected chi connectivity index (χ4v) is 1.76. The standard InChI is InChI=1S/C10H7N5O3S/c1-2-17-9(16)7-14-15-10(18-7)19-8-6(5-11)12-3-4-13-8/h3-4H,2H2,1H3. The van der Waals surface area contributed by atoms with Gasteiger partial charge in [-0.2, -0.15) is 5.26 Å². The molecule has 96 valence electrons. The number of hydrogen-bond acceptors (Lipinski definition) is 9. The molecule has 8 nitrogen and oxygen atoms in total. The maximum atomic E-state index is 11.3. The monoisotopic (exact) mass is 277 g/mol. The largest absolute Gasteiger partial charge is 0.459 e. The predicted octanol–water partition coefficient (Wildman–Crippen LogP) is 1.06. The van der Waals surface area contributed by atoms with Crippen LogP contribution in [0.3, 0.4) is 0 Å². The van der Waals surface area contributed by atoms with Gasteiger partial charge in [-0.25, -0.2) is 14.8 Å². The number of hydrogen-bond donors (Lipinski definition) is 0. The van der Waals surface area contributed by atoms with E-state index in [1.165, 1.54) is 12.4 Å². The highest BCUT2D eigenvalue weighted by atomic mass is 32.2. The fourth-order valence-electron chi connectivity index (χ4n) is 1.09. The van der Waals surface area contributed by atoms with Crippen LogP contribution in [0.5, 0.6) is 0 Å². The van der Waals surface area contributed by atoms with Crippen LogP contribution in [-0.2, 0) is 4.74 Å². The van der Waals surface area contributed by atoms with Crippen molar-refractivity contribution in [2.45, 2.75) is 17.2 Å². The van der Waals surface area contributed by atoms with Crippen molar-refractivity contribution in [2.75, 3.05) is 6.61 Å². The van der Waals surface area contributed by atoms with Gasteiger partial charge in [-0.15, -0.1) is 5.10 Å². The molecule has 0 atom stereocenters. The third-order valence-electron chi connectivity index (χ3n) is 1.81. The molecule has 2 rings (SSSR count). The number of rotatable bonds is 4. The molecule has 0 bridgehead atoms. The molecule has 0 spiro atoms. The zero-order valence-corrected chi connectivity index (χ0v) is 10.5. The van der Waals surface area contributed by atoms with Crippen LogP contribution in [0.15, 0.2) is 27.1 Å². The minimum absolute atomic E-state index is 0.0834. The second kappa shape index (κ2) is 5.92. The van der Waals surface area contributed by atoms with Crippen molar-refractivity contribution in [3.63, 3.8) is 0 Å². The summed E-state index contributed by atoms with van der Waals surface area (Å²) in [5, 5.41) is 16.5. The van der Waals surface area contributed by atoms with E-state index in [1.807, 2.05) is 6.07 Å². The van der Waals surface area contributed by atoms with E-state index in [4.69, 9.17) is 14.4 Å². The Morgan fingerprint density at radius 1 is 1.47 bits per heavy atom. The third kappa shape index (κ3) is 3.05. The maximum Gasteiger partial charge on any atom is 0.396 e. The zero-order valence-electron chi connectivity index (χ0n) is 9.73. The lowest BCUT2D eigenvalue weighted by Gasteiger charge is -1.96. The van der Waals surface area contributed by atoms with Crippen LogP contribution in [0.2, 0.25) is 0 Å². The molecule has 0 aliphatic heterocycles. The molecule has 2 aromatic rings. The molecule has 0 amide bonds. The number of nitriles is 1. The average molecular weight is 277 g/mol. The van der Waals surface area contributed by atoms with Gasteiger partial charge in [-0.1, -0.05) is 5.10 Å². The molecule has 2 heterocycles. The number of nitrogens with zero attached hydrogens (tertiary/aromatic N) is 5. The topological polar surface area (TPSA) is 115 Å². The quantitative estimate of drug-likeness (QED) is 0.756. The molecule has 0 aliphatic rings. The van der Waals surface area contributed by atoms with Crippen molar-refractivity contribution >= 4 is 17.7 Å². The van der Waals surface area contributed by atoms with Gasteiger partial charge >= 0.3 is 11.9 Å². The Balaban J connectivity index is 2.16. The fraction of sp³-hybridized carbons (Fsp3) is 0.200. The van der Waals surface area contributed by atoms with Crippen LogP contribution >= 0.6 is 11.8 Å². The molecule has 0 fully saturated rings. The van der Waals surface area contributed by atoms with Crippen molar-refractivity contribution in [2.24, 2.45) is 0 Å². The molecular weight excluding hydrogens is 270 g/mol. The van der Waals surface area contributed by atoms with E-state index in [-0.39, 0.29) is 23.4 Å². The zero-order chi connectivity index (χ0) is 13.7. The lowest BCUT2D eigenvalue weighted by molar-refractivity contribution is 0.0475. The Bertz CT molecular complexity index is 636. The normalized spacial score (nSPS) is 9.89. The first-order valence-electron chi connectivity index (χ1n) is 5.14. The first-order chi connectivity index (χ1) is 9.24. The van der Waals surface area contributed by atoms with Crippen molar-refractivity contribution in [1.29, 1.82) is 5.26 Å². The van der Waals surface area contributed by atoms with Gasteiger partial charge in [0.1, 0.15) is 11.1 Å². The summed E-state index contributed by atoms with van der Waals surface area (Å²) in [5.74, 6) is -0.937. The molecular formula is C10H7N5O3S. The van der Waals surface area contributed by atoms with Gasteiger partial charge in [0.2, 0.25) is 0 Å². The molecule has 9 heteroatoms. The van der Waals surface area contributed by atoms with Crippen molar-refractivity contribution < 1.29 is 13.9 Å². The summed E-state index contributed by atoms with van der Waals surface area (Å²) in [4.78, 5) is 19.1. The van der Waals surface area contributed by atoms with Gasteiger partial charge in [0.05, 0.1) is 6.61 Å². The van der Waals surface area contributed by atoms with Gasteiger partial charge in [0, 0.05) is 12.4 Å². The van der Waals surface area contributed by atoms with E-state index in [9.17, 15) is 4.79 Å². The van der Waals surface area contributed by atoms with Gasteiger partial charge in [0.15, 0.2) is 5.69 Å². The van der Waals surface area contributed by atoms with E-state index < -0.39 is 5.97 Å². The second-order valence-electron chi connectivity index (χ2n) is 3.02. The van der Waals surface area contributed by atoms with Crippen LogP contribution in [0.25, 0.3) is 0 Å². The predicted molar refractivity (Wildman–Crippen MR) is 61.1 cm³/mol. The summed E-state index contributed by atoms with van der Waals surface area (Å²) < 4.78 is 9.80. The van der Waals surface area contributed by atoms with Crippen LogP contribution in [0.1, 0.15) is 23.3 Å². The smallest absolute Gasteiger partial charge is 0.396 e. The molecule has 0 N–H and O–H groups in total. The van der Waals surface area contributed by atoms with E-state index >= 15 is 0 Å². The van der Waals surface area contributed by atoms with Crippen LogP contribution in [-0.4, -0.2) is 32.7 Å². The number of aromatic nitrogens is 4. The Labute approximate surface area is 111 Å². The molecule has 0 aliphatic carbocycles. The number of esters is 1. The lowest BCUT2D eigenvalue weighted by Crippen LogP contribution is -2.04. The summed E-state index contributed by atoms with van der Waals surface area (Å²) in [6.45, 7) is 1.88. The van der Waals surface area contributed by atoms with E-state index in [0.29, 0.717) is 5.03 Å². The number of ether oxygens (including phenoxy) is 1. The molecule has 0 radical (unpaired) electrons. The van der Waals surface area contributed by atoms with Gasteiger partial charge in [0.25, 0.3) is 5.22 Å². The summed E-state index contributed by atoms with van der Waals surface area (Å²) >= 11 is 0.951. The van der Waals surface area contributed by atoms with Crippen molar-refractivity contribution in [3.8, 4) is 6.07 Å². The van der Waals surface area contributed by atoms with Crippen molar-refractivity contribution in [1.82, 2.24) is 20.2 Å². The van der Waals surface area contributed by atoms with Crippen LogP contribution < -0.4 is 0 Å². The molecule has 19 heavy (non-hydrogen) atoms. The van der Waals surface area contributed by atoms with Gasteiger partial charge in [-0.05, 0) is 18.7 Å². The minimum atomic E-state index is -0.693. The molecule has 0 saturated heterocycles. The minimum Gasteiger partial charge on any atom is -0.459 e. The highest BCUT2D eigenvalue weighted by Crippen LogP contribution is 2.26. The first-order valence-corrected chi connectivity index (χ1v) is 5.95. The summed E-state index contributed by atoms with van der Waals surface area (Å²) in [7, 11) is 0. The van der Waals surface area contributed by atoms with Gasteiger partial charge < -0.3 is 9.15 Å². The average Bonchev–Trinajstić information content (AvgIpc) is 2.88. The molecule has 0 aromatic carbocycles. The maximum absolute atomic E-state index is 11.3. The third-order valence-corrected chi connectivity index (χ3v) is 2.64. The van der Waals surface area contributed by atoms with E-state index in [1.54, 1.807) is 6.92 Å². The molecule has 2 aromatic heterocycles. The van der Waals surface area contributed by atoms with Crippen LogP contribution in [0.4, 0.5) is 0 Å². The lowest BCUT2D eigenvalue weighted by atomic mass is 10.5. The van der Waals surface area contributed by atoms with Gasteiger partial charge in [-0.3, -0.25) is 0 Å². The highest BCUT2D eigenvalue weighted by molar-refractivity contribution is 7.99. The Kier molecular flexibility index (Phi) is 4.04. The Morgan fingerprint density at radius 2 is 2.26 bits per heavy atom. The number of carbonyl (C=O) groups is 1. The highest BCUT2D eigenvalue weighted by Gasteiger charge is 2.18. The van der Waals surface area contributed by atoms with E-state index in [0.717, 1.165) is 11.8 Å².